The normalized spacial score (nSPS) is 34.8. The first-order valence-electron chi connectivity index (χ1n) is 7.88. The van der Waals surface area contributed by atoms with E-state index in [-0.39, 0.29) is 30.0 Å². The summed E-state index contributed by atoms with van der Waals surface area (Å²) in [5, 5.41) is 9.99. The average Bonchev–Trinajstić information content (AvgIpc) is 3.11. The molecule has 3 nitrogen and oxygen atoms in total. The zero-order chi connectivity index (χ0) is 14.4. The molecule has 0 amide bonds. The van der Waals surface area contributed by atoms with Crippen molar-refractivity contribution in [3.05, 3.63) is 29.6 Å². The molecule has 0 aromatic heterocycles. The van der Waals surface area contributed by atoms with Crippen LogP contribution in [0, 0.1) is 17.2 Å². The van der Waals surface area contributed by atoms with E-state index in [0.29, 0.717) is 5.92 Å². The Labute approximate surface area is 124 Å². The van der Waals surface area contributed by atoms with Gasteiger partial charge in [0.05, 0.1) is 12.7 Å². The Morgan fingerprint density at radius 2 is 2.19 bits per heavy atom. The maximum absolute atomic E-state index is 13.3. The molecule has 1 saturated heterocycles. The summed E-state index contributed by atoms with van der Waals surface area (Å²) in [6.45, 7) is 0.884. The Kier molecular flexibility index (Phi) is 3.19. The quantitative estimate of drug-likeness (QED) is 0.927. The van der Waals surface area contributed by atoms with E-state index in [0.717, 1.165) is 37.2 Å². The van der Waals surface area contributed by atoms with Gasteiger partial charge in [-0.1, -0.05) is 0 Å². The van der Waals surface area contributed by atoms with E-state index < -0.39 is 0 Å². The SMILES string of the molecule is OCC1(CC2Cc3cc(F)ccc3O2)CCOC1C1CC1. The molecule has 0 spiro atoms. The molecule has 21 heavy (non-hydrogen) atoms. The molecular weight excluding hydrogens is 271 g/mol. The van der Waals surface area contributed by atoms with Crippen LogP contribution >= 0.6 is 0 Å². The lowest BCUT2D eigenvalue weighted by molar-refractivity contribution is -0.0208. The van der Waals surface area contributed by atoms with Crippen LogP contribution in [0.5, 0.6) is 5.75 Å². The summed E-state index contributed by atoms with van der Waals surface area (Å²) in [6, 6.07) is 4.71. The highest BCUT2D eigenvalue weighted by atomic mass is 19.1. The molecule has 4 heteroatoms. The highest BCUT2D eigenvalue weighted by molar-refractivity contribution is 5.38. The minimum absolute atomic E-state index is 0.0249. The molecule has 2 heterocycles. The minimum Gasteiger partial charge on any atom is -0.490 e. The minimum atomic E-state index is -0.213. The van der Waals surface area contributed by atoms with Crippen molar-refractivity contribution in [2.45, 2.75) is 44.3 Å². The molecule has 114 valence electrons. The fourth-order valence-electron chi connectivity index (χ4n) is 4.05. The number of rotatable bonds is 4. The monoisotopic (exact) mass is 292 g/mol. The Morgan fingerprint density at radius 1 is 1.33 bits per heavy atom. The van der Waals surface area contributed by atoms with Gasteiger partial charge in [0.1, 0.15) is 17.7 Å². The van der Waals surface area contributed by atoms with Crippen molar-refractivity contribution in [1.82, 2.24) is 0 Å². The van der Waals surface area contributed by atoms with Gasteiger partial charge in [0.25, 0.3) is 0 Å². The second-order valence-corrected chi connectivity index (χ2v) is 6.80. The van der Waals surface area contributed by atoms with Gasteiger partial charge in [-0.25, -0.2) is 4.39 Å². The van der Waals surface area contributed by atoms with Gasteiger partial charge in [-0.05, 0) is 49.8 Å². The van der Waals surface area contributed by atoms with E-state index >= 15 is 0 Å². The second kappa shape index (κ2) is 4.96. The molecule has 2 aliphatic heterocycles. The summed E-state index contributed by atoms with van der Waals surface area (Å²) >= 11 is 0. The third kappa shape index (κ3) is 2.34. The van der Waals surface area contributed by atoms with Crippen LogP contribution < -0.4 is 4.74 Å². The molecule has 1 aromatic rings. The molecule has 3 atom stereocenters. The third-order valence-electron chi connectivity index (χ3n) is 5.26. The van der Waals surface area contributed by atoms with Crippen molar-refractivity contribution in [3.63, 3.8) is 0 Å². The zero-order valence-corrected chi connectivity index (χ0v) is 12.1. The number of ether oxygens (including phenoxy) is 2. The first-order chi connectivity index (χ1) is 10.2. The van der Waals surface area contributed by atoms with Crippen LogP contribution in [0.2, 0.25) is 0 Å². The van der Waals surface area contributed by atoms with E-state index in [1.165, 1.54) is 18.9 Å². The number of fused-ring (bicyclic) bond motifs is 1. The van der Waals surface area contributed by atoms with Crippen LogP contribution in [0.4, 0.5) is 4.39 Å². The van der Waals surface area contributed by atoms with Gasteiger partial charge in [-0.2, -0.15) is 0 Å². The Bertz CT molecular complexity index is 543. The number of hydrogen-bond acceptors (Lipinski definition) is 3. The molecule has 3 aliphatic rings. The zero-order valence-electron chi connectivity index (χ0n) is 12.1. The van der Waals surface area contributed by atoms with Crippen LogP contribution in [0.25, 0.3) is 0 Å². The first kappa shape index (κ1) is 13.5. The van der Waals surface area contributed by atoms with Gasteiger partial charge in [0.15, 0.2) is 0 Å². The molecule has 2 fully saturated rings. The van der Waals surface area contributed by atoms with E-state index in [9.17, 15) is 9.50 Å². The molecule has 3 unspecified atom stereocenters. The van der Waals surface area contributed by atoms with E-state index in [2.05, 4.69) is 0 Å². The van der Waals surface area contributed by atoms with E-state index in [4.69, 9.17) is 9.47 Å². The van der Waals surface area contributed by atoms with Crippen LogP contribution in [-0.4, -0.2) is 30.5 Å². The molecule has 0 radical (unpaired) electrons. The average molecular weight is 292 g/mol. The molecular formula is C17H21FO3. The van der Waals surface area contributed by atoms with Gasteiger partial charge in [-0.15, -0.1) is 0 Å². The topological polar surface area (TPSA) is 38.7 Å². The lowest BCUT2D eigenvalue weighted by atomic mass is 9.74. The molecule has 0 bridgehead atoms. The van der Waals surface area contributed by atoms with Crippen molar-refractivity contribution in [2.24, 2.45) is 11.3 Å². The van der Waals surface area contributed by atoms with Crippen molar-refractivity contribution in [3.8, 4) is 5.75 Å². The second-order valence-electron chi connectivity index (χ2n) is 6.80. The van der Waals surface area contributed by atoms with Crippen molar-refractivity contribution in [2.75, 3.05) is 13.2 Å². The summed E-state index contributed by atoms with van der Waals surface area (Å²) in [4.78, 5) is 0. The number of aliphatic hydroxyl groups excluding tert-OH is 1. The first-order valence-corrected chi connectivity index (χ1v) is 7.88. The van der Waals surface area contributed by atoms with Crippen molar-refractivity contribution < 1.29 is 19.0 Å². The van der Waals surface area contributed by atoms with E-state index in [1.807, 2.05) is 0 Å². The fraction of sp³-hybridized carbons (Fsp3) is 0.647. The lowest BCUT2D eigenvalue weighted by Gasteiger charge is -2.34. The smallest absolute Gasteiger partial charge is 0.123 e. The van der Waals surface area contributed by atoms with Gasteiger partial charge in [0.2, 0.25) is 0 Å². The Hall–Kier alpha value is -1.13. The van der Waals surface area contributed by atoms with Gasteiger partial charge in [-0.3, -0.25) is 0 Å². The van der Waals surface area contributed by atoms with Crippen molar-refractivity contribution in [1.29, 1.82) is 0 Å². The summed E-state index contributed by atoms with van der Waals surface area (Å²) in [5.41, 5.74) is 0.766. The highest BCUT2D eigenvalue weighted by Gasteiger charge is 2.52. The fourth-order valence-corrected chi connectivity index (χ4v) is 4.05. The number of hydrogen-bond donors (Lipinski definition) is 1. The summed E-state index contributed by atoms with van der Waals surface area (Å²) in [7, 11) is 0. The lowest BCUT2D eigenvalue weighted by Crippen LogP contribution is -2.40. The van der Waals surface area contributed by atoms with Crippen LogP contribution in [0.3, 0.4) is 0 Å². The number of halogens is 1. The molecule has 1 saturated carbocycles. The highest BCUT2D eigenvalue weighted by Crippen LogP contribution is 2.51. The predicted octanol–water partition coefficient (Wildman–Crippen LogP) is 2.70. The predicted molar refractivity (Wildman–Crippen MR) is 75.7 cm³/mol. The molecule has 1 N–H and O–H groups in total. The molecule has 1 aliphatic carbocycles. The van der Waals surface area contributed by atoms with Crippen LogP contribution in [0.15, 0.2) is 18.2 Å². The maximum atomic E-state index is 13.3. The number of benzene rings is 1. The van der Waals surface area contributed by atoms with Crippen molar-refractivity contribution >= 4 is 0 Å². The van der Waals surface area contributed by atoms with Gasteiger partial charge < -0.3 is 14.6 Å². The van der Waals surface area contributed by atoms with Crippen LogP contribution in [0.1, 0.15) is 31.2 Å². The van der Waals surface area contributed by atoms with Crippen LogP contribution in [-0.2, 0) is 11.2 Å². The molecule has 4 rings (SSSR count). The van der Waals surface area contributed by atoms with Gasteiger partial charge in [0, 0.05) is 24.0 Å². The number of aliphatic hydroxyl groups is 1. The summed E-state index contributed by atoms with van der Waals surface area (Å²) < 4.78 is 25.2. The van der Waals surface area contributed by atoms with Gasteiger partial charge >= 0.3 is 0 Å². The Balaban J connectivity index is 1.50. The summed E-state index contributed by atoms with van der Waals surface area (Å²) in [6.07, 6.45) is 5.04. The Morgan fingerprint density at radius 3 is 2.95 bits per heavy atom. The maximum Gasteiger partial charge on any atom is 0.123 e. The summed E-state index contributed by atoms with van der Waals surface area (Å²) in [5.74, 6) is 1.19. The third-order valence-corrected chi connectivity index (χ3v) is 5.26. The standard InChI is InChI=1S/C17H21FO3/c18-13-3-4-15-12(7-13)8-14(21-15)9-17(10-19)5-6-20-16(17)11-1-2-11/h3-4,7,11,14,16,19H,1-2,5-6,8-10H2. The largest absolute Gasteiger partial charge is 0.490 e. The molecule has 1 aromatic carbocycles. The van der Waals surface area contributed by atoms with E-state index in [1.54, 1.807) is 12.1 Å².